The van der Waals surface area contributed by atoms with Crippen LogP contribution in [0.2, 0.25) is 5.02 Å². The van der Waals surface area contributed by atoms with Gasteiger partial charge in [0.1, 0.15) is 5.82 Å². The Morgan fingerprint density at radius 1 is 1.53 bits per heavy atom. The summed E-state index contributed by atoms with van der Waals surface area (Å²) in [6.07, 6.45) is 1.22. The molecule has 0 aliphatic rings. The Balaban J connectivity index is 2.25. The van der Waals surface area contributed by atoms with E-state index in [0.29, 0.717) is 5.56 Å². The van der Waals surface area contributed by atoms with Gasteiger partial charge in [-0.1, -0.05) is 28.9 Å². The van der Waals surface area contributed by atoms with Crippen molar-refractivity contribution >= 4 is 17.6 Å². The minimum absolute atomic E-state index is 0.0149. The van der Waals surface area contributed by atoms with E-state index in [0.717, 1.165) is 0 Å². The third-order valence-corrected chi connectivity index (χ3v) is 2.41. The maximum absolute atomic E-state index is 13.5. The summed E-state index contributed by atoms with van der Waals surface area (Å²) in [7, 11) is 0. The molecule has 1 aromatic heterocycles. The first-order valence-electron chi connectivity index (χ1n) is 4.64. The van der Waals surface area contributed by atoms with Crippen LogP contribution < -0.4 is 0 Å². The summed E-state index contributed by atoms with van der Waals surface area (Å²) in [5, 5.41) is 15.7. The molecule has 0 aliphatic heterocycles. The molecule has 7 heteroatoms. The summed E-state index contributed by atoms with van der Waals surface area (Å²) in [6, 6.07) is 4.59. The summed E-state index contributed by atoms with van der Waals surface area (Å²) in [4.78, 5) is 10.6. The highest BCUT2D eigenvalue weighted by Gasteiger charge is 2.11. The molecule has 0 spiro atoms. The van der Waals surface area contributed by atoms with Gasteiger partial charge in [0.2, 0.25) is 0 Å². The van der Waals surface area contributed by atoms with E-state index in [-0.39, 0.29) is 17.3 Å². The third-order valence-electron chi connectivity index (χ3n) is 2.12. The molecule has 88 valence electrons. The first-order valence-corrected chi connectivity index (χ1v) is 5.02. The Morgan fingerprint density at radius 2 is 2.29 bits per heavy atom. The van der Waals surface area contributed by atoms with Crippen molar-refractivity contribution in [3.63, 3.8) is 0 Å². The number of hydrogen-bond acceptors (Lipinski definition) is 3. The molecule has 1 heterocycles. The van der Waals surface area contributed by atoms with Crippen LogP contribution in [0.5, 0.6) is 0 Å². The van der Waals surface area contributed by atoms with Gasteiger partial charge < -0.3 is 5.11 Å². The maximum Gasteiger partial charge on any atom is 0.358 e. The van der Waals surface area contributed by atoms with Crippen LogP contribution in [0.25, 0.3) is 0 Å². The predicted molar refractivity (Wildman–Crippen MR) is 57.5 cm³/mol. The van der Waals surface area contributed by atoms with E-state index < -0.39 is 11.8 Å². The van der Waals surface area contributed by atoms with Gasteiger partial charge in [0.25, 0.3) is 0 Å². The number of carbonyl (C=O) groups is 1. The molecule has 2 rings (SSSR count). The zero-order valence-corrected chi connectivity index (χ0v) is 9.23. The monoisotopic (exact) mass is 255 g/mol. The average Bonchev–Trinajstić information content (AvgIpc) is 2.73. The maximum atomic E-state index is 13.5. The number of aromatic carboxylic acids is 1. The number of aromatic nitrogens is 3. The van der Waals surface area contributed by atoms with Gasteiger partial charge in [0.05, 0.1) is 17.8 Å². The number of nitrogens with zero attached hydrogens (tertiary/aromatic N) is 3. The fraction of sp³-hybridized carbons (Fsp3) is 0.100. The number of hydrogen-bond donors (Lipinski definition) is 1. The molecule has 5 nitrogen and oxygen atoms in total. The van der Waals surface area contributed by atoms with Crippen molar-refractivity contribution in [1.29, 1.82) is 0 Å². The standard InChI is InChI=1S/C10H7ClFN3O2/c11-7-3-1-2-6(9(7)12)4-15-5-8(10(16)17)13-14-15/h1-3,5H,4H2,(H,16,17). The molecule has 0 unspecified atom stereocenters. The average molecular weight is 256 g/mol. The van der Waals surface area contributed by atoms with Crippen molar-refractivity contribution < 1.29 is 14.3 Å². The van der Waals surface area contributed by atoms with E-state index in [1.807, 2.05) is 0 Å². The van der Waals surface area contributed by atoms with Gasteiger partial charge in [-0.3, -0.25) is 0 Å². The number of carboxylic acids is 1. The zero-order valence-electron chi connectivity index (χ0n) is 8.47. The van der Waals surface area contributed by atoms with Crippen LogP contribution in [0.1, 0.15) is 16.1 Å². The second-order valence-electron chi connectivity index (χ2n) is 3.32. The van der Waals surface area contributed by atoms with Gasteiger partial charge in [0.15, 0.2) is 5.69 Å². The van der Waals surface area contributed by atoms with Crippen molar-refractivity contribution in [1.82, 2.24) is 15.0 Å². The Morgan fingerprint density at radius 3 is 2.94 bits per heavy atom. The third kappa shape index (κ3) is 2.42. The van der Waals surface area contributed by atoms with Crippen LogP contribution in [0.15, 0.2) is 24.4 Å². The van der Waals surface area contributed by atoms with E-state index in [4.69, 9.17) is 16.7 Å². The summed E-state index contributed by atoms with van der Waals surface area (Å²) in [6.45, 7) is 0.0761. The molecule has 0 bridgehead atoms. The summed E-state index contributed by atoms with van der Waals surface area (Å²) >= 11 is 5.62. The molecule has 1 N–H and O–H groups in total. The molecule has 0 aliphatic carbocycles. The smallest absolute Gasteiger partial charge is 0.358 e. The molecular weight excluding hydrogens is 249 g/mol. The number of halogens is 2. The van der Waals surface area contributed by atoms with Gasteiger partial charge >= 0.3 is 5.97 Å². The highest BCUT2D eigenvalue weighted by molar-refractivity contribution is 6.30. The molecule has 17 heavy (non-hydrogen) atoms. The van der Waals surface area contributed by atoms with Gasteiger partial charge in [-0.15, -0.1) is 5.10 Å². The summed E-state index contributed by atoms with van der Waals surface area (Å²) < 4.78 is 14.8. The first-order chi connectivity index (χ1) is 8.08. The fourth-order valence-electron chi connectivity index (χ4n) is 1.32. The van der Waals surface area contributed by atoms with Crippen LogP contribution in [-0.4, -0.2) is 26.1 Å². The zero-order chi connectivity index (χ0) is 12.4. The number of carboxylic acid groups (broad SMARTS) is 1. The highest BCUT2D eigenvalue weighted by Crippen LogP contribution is 2.18. The van der Waals surface area contributed by atoms with Crippen molar-refractivity contribution in [3.05, 3.63) is 46.5 Å². The molecule has 0 atom stereocenters. The Kier molecular flexibility index (Phi) is 3.06. The predicted octanol–water partition coefficient (Wildman–Crippen LogP) is 1.82. The lowest BCUT2D eigenvalue weighted by molar-refractivity contribution is 0.0690. The molecule has 0 radical (unpaired) electrons. The van der Waals surface area contributed by atoms with Crippen molar-refractivity contribution in [2.45, 2.75) is 6.54 Å². The van der Waals surface area contributed by atoms with Gasteiger partial charge in [-0.05, 0) is 6.07 Å². The molecule has 0 fully saturated rings. The lowest BCUT2D eigenvalue weighted by atomic mass is 10.2. The Bertz CT molecular complexity index is 570. The van der Waals surface area contributed by atoms with Gasteiger partial charge in [-0.25, -0.2) is 13.9 Å². The van der Waals surface area contributed by atoms with Gasteiger partial charge in [0, 0.05) is 5.56 Å². The molecule has 2 aromatic rings. The quantitative estimate of drug-likeness (QED) is 0.908. The summed E-state index contributed by atoms with van der Waals surface area (Å²) in [5.41, 5.74) is 0.131. The van der Waals surface area contributed by atoms with Crippen molar-refractivity contribution in [2.75, 3.05) is 0 Å². The van der Waals surface area contributed by atoms with E-state index >= 15 is 0 Å². The normalized spacial score (nSPS) is 10.5. The highest BCUT2D eigenvalue weighted by atomic mass is 35.5. The lowest BCUT2D eigenvalue weighted by Crippen LogP contribution is -2.03. The fourth-order valence-corrected chi connectivity index (χ4v) is 1.51. The van der Waals surface area contributed by atoms with E-state index in [2.05, 4.69) is 10.3 Å². The topological polar surface area (TPSA) is 68.0 Å². The summed E-state index contributed by atoms with van der Waals surface area (Å²) in [5.74, 6) is -1.72. The number of rotatable bonds is 3. The minimum atomic E-state index is -1.18. The molecular formula is C10H7ClFN3O2. The first kappa shape index (κ1) is 11.5. The van der Waals surface area contributed by atoms with Crippen molar-refractivity contribution in [3.8, 4) is 0 Å². The van der Waals surface area contributed by atoms with Crippen LogP contribution in [0.4, 0.5) is 4.39 Å². The Hall–Kier alpha value is -1.95. The van der Waals surface area contributed by atoms with Crippen LogP contribution in [0, 0.1) is 5.82 Å². The number of benzene rings is 1. The SMILES string of the molecule is O=C(O)c1cn(Cc2cccc(Cl)c2F)nn1. The van der Waals surface area contributed by atoms with Gasteiger partial charge in [-0.2, -0.15) is 0 Å². The lowest BCUT2D eigenvalue weighted by Gasteiger charge is -2.03. The van der Waals surface area contributed by atoms with E-state index in [1.54, 1.807) is 12.1 Å². The Labute approximate surface area is 100 Å². The van der Waals surface area contributed by atoms with Crippen LogP contribution in [-0.2, 0) is 6.54 Å². The minimum Gasteiger partial charge on any atom is -0.476 e. The molecule has 1 aromatic carbocycles. The molecule has 0 saturated heterocycles. The molecule has 0 amide bonds. The largest absolute Gasteiger partial charge is 0.476 e. The molecule has 0 saturated carbocycles. The van der Waals surface area contributed by atoms with Crippen LogP contribution >= 0.6 is 11.6 Å². The van der Waals surface area contributed by atoms with Crippen LogP contribution in [0.3, 0.4) is 0 Å². The van der Waals surface area contributed by atoms with E-state index in [9.17, 15) is 9.18 Å². The second kappa shape index (κ2) is 4.50. The van der Waals surface area contributed by atoms with E-state index in [1.165, 1.54) is 16.9 Å². The second-order valence-corrected chi connectivity index (χ2v) is 3.73. The van der Waals surface area contributed by atoms with Crippen molar-refractivity contribution in [2.24, 2.45) is 0 Å².